The van der Waals surface area contributed by atoms with Crippen LogP contribution in [0.3, 0.4) is 0 Å². The van der Waals surface area contributed by atoms with Crippen LogP contribution in [0.25, 0.3) is 0 Å². The van der Waals surface area contributed by atoms with Crippen LogP contribution in [0.2, 0.25) is 0 Å². The number of nitrogens with two attached hydrogens (primary N) is 1. The Hall–Kier alpha value is -1.06. The van der Waals surface area contributed by atoms with Gasteiger partial charge in [0.25, 0.3) is 0 Å². The largest absolute Gasteiger partial charge is 0.492 e. The van der Waals surface area contributed by atoms with Gasteiger partial charge in [0.05, 0.1) is 0 Å². The van der Waals surface area contributed by atoms with Crippen LogP contribution < -0.4 is 10.5 Å². The Morgan fingerprint density at radius 2 is 2.20 bits per heavy atom. The van der Waals surface area contributed by atoms with Gasteiger partial charge in [-0.05, 0) is 31.0 Å². The maximum atomic E-state index is 5.84. The average Bonchev–Trinajstić information content (AvgIpc) is 2.23. The van der Waals surface area contributed by atoms with Crippen molar-refractivity contribution in [1.29, 1.82) is 0 Å². The molecule has 0 aliphatic carbocycles. The Morgan fingerprint density at radius 3 is 2.87 bits per heavy atom. The van der Waals surface area contributed by atoms with E-state index in [-0.39, 0.29) is 6.04 Å². The van der Waals surface area contributed by atoms with Crippen molar-refractivity contribution >= 4 is 0 Å². The van der Waals surface area contributed by atoms with Crippen molar-refractivity contribution in [3.05, 3.63) is 29.8 Å². The van der Waals surface area contributed by atoms with Gasteiger partial charge in [0.1, 0.15) is 12.4 Å². The van der Waals surface area contributed by atoms with Gasteiger partial charge in [0.15, 0.2) is 0 Å². The molecule has 0 amide bonds. The monoisotopic (exact) mass is 209 g/mol. The summed E-state index contributed by atoms with van der Waals surface area (Å²) in [6, 6.07) is 7.99. The Labute approximate surface area is 91.2 Å². The SMILES string of the molecule is COCCC(N)COc1cccc(C)c1. The molecule has 1 rings (SSSR count). The third-order valence-corrected chi connectivity index (χ3v) is 2.15. The summed E-state index contributed by atoms with van der Waals surface area (Å²) in [6.07, 6.45) is 0.822. The molecule has 0 heterocycles. The Kier molecular flexibility index (Phi) is 5.15. The van der Waals surface area contributed by atoms with E-state index in [0.717, 1.165) is 12.2 Å². The van der Waals surface area contributed by atoms with Crippen molar-refractivity contribution in [2.45, 2.75) is 19.4 Å². The maximum absolute atomic E-state index is 5.84. The second kappa shape index (κ2) is 6.43. The van der Waals surface area contributed by atoms with E-state index in [4.69, 9.17) is 15.2 Å². The van der Waals surface area contributed by atoms with Gasteiger partial charge in [0, 0.05) is 19.8 Å². The van der Waals surface area contributed by atoms with Gasteiger partial charge in [-0.15, -0.1) is 0 Å². The Morgan fingerprint density at radius 1 is 1.40 bits per heavy atom. The molecule has 84 valence electrons. The molecule has 0 spiro atoms. The lowest BCUT2D eigenvalue weighted by molar-refractivity contribution is 0.175. The van der Waals surface area contributed by atoms with Gasteiger partial charge in [0.2, 0.25) is 0 Å². The van der Waals surface area contributed by atoms with Crippen molar-refractivity contribution < 1.29 is 9.47 Å². The molecule has 1 aromatic rings. The smallest absolute Gasteiger partial charge is 0.119 e. The topological polar surface area (TPSA) is 44.5 Å². The zero-order valence-corrected chi connectivity index (χ0v) is 9.40. The molecule has 0 aromatic heterocycles. The van der Waals surface area contributed by atoms with Gasteiger partial charge in [-0.3, -0.25) is 0 Å². The van der Waals surface area contributed by atoms with E-state index < -0.39 is 0 Å². The van der Waals surface area contributed by atoms with Crippen LogP contribution in [0.1, 0.15) is 12.0 Å². The molecule has 1 aromatic carbocycles. The minimum absolute atomic E-state index is 0.0328. The predicted molar refractivity (Wildman–Crippen MR) is 61.1 cm³/mol. The number of benzene rings is 1. The number of rotatable bonds is 6. The van der Waals surface area contributed by atoms with Crippen LogP contribution in [0.5, 0.6) is 5.75 Å². The molecule has 0 saturated carbocycles. The first-order chi connectivity index (χ1) is 7.22. The van der Waals surface area contributed by atoms with E-state index >= 15 is 0 Å². The summed E-state index contributed by atoms with van der Waals surface area (Å²) in [5.41, 5.74) is 7.03. The second-order valence-corrected chi connectivity index (χ2v) is 3.67. The van der Waals surface area contributed by atoms with Crippen LogP contribution in [0.4, 0.5) is 0 Å². The van der Waals surface area contributed by atoms with Crippen LogP contribution >= 0.6 is 0 Å². The summed E-state index contributed by atoms with van der Waals surface area (Å²) in [5.74, 6) is 0.878. The number of aryl methyl sites for hydroxylation is 1. The first-order valence-electron chi connectivity index (χ1n) is 5.16. The van der Waals surface area contributed by atoms with Crippen LogP contribution in [-0.2, 0) is 4.74 Å². The highest BCUT2D eigenvalue weighted by molar-refractivity contribution is 5.27. The highest BCUT2D eigenvalue weighted by Gasteiger charge is 2.03. The van der Waals surface area contributed by atoms with E-state index in [1.807, 2.05) is 31.2 Å². The van der Waals surface area contributed by atoms with E-state index in [2.05, 4.69) is 0 Å². The van der Waals surface area contributed by atoms with Crippen molar-refractivity contribution in [3.8, 4) is 5.75 Å². The Balaban J connectivity index is 2.30. The summed E-state index contributed by atoms with van der Waals surface area (Å²) in [6.45, 7) is 3.25. The summed E-state index contributed by atoms with van der Waals surface area (Å²) < 4.78 is 10.5. The fourth-order valence-corrected chi connectivity index (χ4v) is 1.26. The standard InChI is InChI=1S/C12H19NO2/c1-10-4-3-5-12(8-10)15-9-11(13)6-7-14-2/h3-5,8,11H,6-7,9,13H2,1-2H3. The first kappa shape index (κ1) is 12.0. The minimum Gasteiger partial charge on any atom is -0.492 e. The molecule has 0 bridgehead atoms. The molecule has 3 nitrogen and oxygen atoms in total. The molecule has 0 aliphatic rings. The Bertz CT molecular complexity index is 289. The normalized spacial score (nSPS) is 12.5. The first-order valence-corrected chi connectivity index (χ1v) is 5.16. The van der Waals surface area contributed by atoms with Gasteiger partial charge in [-0.1, -0.05) is 12.1 Å². The number of hydrogen-bond donors (Lipinski definition) is 1. The lowest BCUT2D eigenvalue weighted by Gasteiger charge is -2.12. The molecule has 15 heavy (non-hydrogen) atoms. The lowest BCUT2D eigenvalue weighted by Crippen LogP contribution is -2.29. The number of methoxy groups -OCH3 is 1. The third kappa shape index (κ3) is 4.81. The van der Waals surface area contributed by atoms with Gasteiger partial charge < -0.3 is 15.2 Å². The third-order valence-electron chi connectivity index (χ3n) is 2.15. The van der Waals surface area contributed by atoms with E-state index in [1.165, 1.54) is 5.56 Å². The maximum Gasteiger partial charge on any atom is 0.119 e. The van der Waals surface area contributed by atoms with Crippen LogP contribution in [0, 0.1) is 6.92 Å². The second-order valence-electron chi connectivity index (χ2n) is 3.67. The van der Waals surface area contributed by atoms with Gasteiger partial charge >= 0.3 is 0 Å². The molecule has 1 atom stereocenters. The highest BCUT2D eigenvalue weighted by atomic mass is 16.5. The van der Waals surface area contributed by atoms with Crippen molar-refractivity contribution in [2.75, 3.05) is 20.3 Å². The summed E-state index contributed by atoms with van der Waals surface area (Å²) in [4.78, 5) is 0. The van der Waals surface area contributed by atoms with Crippen molar-refractivity contribution in [3.63, 3.8) is 0 Å². The zero-order chi connectivity index (χ0) is 11.1. The summed E-state index contributed by atoms with van der Waals surface area (Å²) >= 11 is 0. The zero-order valence-electron chi connectivity index (χ0n) is 9.40. The molecule has 0 aliphatic heterocycles. The molecule has 0 saturated heterocycles. The quantitative estimate of drug-likeness (QED) is 0.776. The van der Waals surface area contributed by atoms with Gasteiger partial charge in [-0.2, -0.15) is 0 Å². The number of hydrogen-bond acceptors (Lipinski definition) is 3. The summed E-state index contributed by atoms with van der Waals surface area (Å²) in [5, 5.41) is 0. The predicted octanol–water partition coefficient (Wildman–Crippen LogP) is 1.74. The number of ether oxygens (including phenoxy) is 2. The van der Waals surface area contributed by atoms with Crippen molar-refractivity contribution in [2.24, 2.45) is 5.73 Å². The van der Waals surface area contributed by atoms with Gasteiger partial charge in [-0.25, -0.2) is 0 Å². The van der Waals surface area contributed by atoms with E-state index in [1.54, 1.807) is 7.11 Å². The average molecular weight is 209 g/mol. The van der Waals surface area contributed by atoms with Crippen molar-refractivity contribution in [1.82, 2.24) is 0 Å². The van der Waals surface area contributed by atoms with E-state index in [0.29, 0.717) is 13.2 Å². The molecule has 1 unspecified atom stereocenters. The minimum atomic E-state index is 0.0328. The fourth-order valence-electron chi connectivity index (χ4n) is 1.26. The molecule has 3 heteroatoms. The molecular weight excluding hydrogens is 190 g/mol. The molecule has 0 radical (unpaired) electrons. The summed E-state index contributed by atoms with van der Waals surface area (Å²) in [7, 11) is 1.67. The molecule has 0 fully saturated rings. The fraction of sp³-hybridized carbons (Fsp3) is 0.500. The highest BCUT2D eigenvalue weighted by Crippen LogP contribution is 2.12. The van der Waals surface area contributed by atoms with Crippen LogP contribution in [0.15, 0.2) is 24.3 Å². The molecule has 2 N–H and O–H groups in total. The van der Waals surface area contributed by atoms with Crippen LogP contribution in [-0.4, -0.2) is 26.4 Å². The lowest BCUT2D eigenvalue weighted by atomic mass is 10.2. The van der Waals surface area contributed by atoms with E-state index in [9.17, 15) is 0 Å². The molecular formula is C12H19NO2.